The number of nitrogens with one attached hydrogen (secondary N) is 1. The van der Waals surface area contributed by atoms with Crippen LogP contribution in [-0.4, -0.2) is 28.4 Å². The molecule has 0 saturated heterocycles. The van der Waals surface area contributed by atoms with Gasteiger partial charge in [-0.25, -0.2) is 4.79 Å². The van der Waals surface area contributed by atoms with E-state index in [0.29, 0.717) is 24.2 Å². The Hall–Kier alpha value is -2.57. The van der Waals surface area contributed by atoms with E-state index >= 15 is 0 Å². The van der Waals surface area contributed by atoms with Crippen LogP contribution in [0.5, 0.6) is 5.75 Å². The standard InChI is InChI=1S/C18H21N3O4/c1-18(2,3)24-17(22)19-13-9-23-14-8-11(6-7-12(13)14)15-20-16(25-21-15)10-4-5-10/h6-8,10,13H,4-5,9H2,1-3H3,(H,19,22). The van der Waals surface area contributed by atoms with Gasteiger partial charge in [0.05, 0.1) is 6.04 Å². The van der Waals surface area contributed by atoms with E-state index in [4.69, 9.17) is 14.0 Å². The summed E-state index contributed by atoms with van der Waals surface area (Å²) >= 11 is 0. The van der Waals surface area contributed by atoms with Crippen LogP contribution in [0.1, 0.15) is 57.0 Å². The van der Waals surface area contributed by atoms with Gasteiger partial charge >= 0.3 is 6.09 Å². The number of rotatable bonds is 3. The first kappa shape index (κ1) is 15.9. The fraction of sp³-hybridized carbons (Fsp3) is 0.500. The summed E-state index contributed by atoms with van der Waals surface area (Å²) in [6, 6.07) is 5.49. The van der Waals surface area contributed by atoms with Gasteiger partial charge in [-0.2, -0.15) is 4.98 Å². The number of fused-ring (bicyclic) bond motifs is 1. The van der Waals surface area contributed by atoms with E-state index in [1.165, 1.54) is 0 Å². The number of benzene rings is 1. The van der Waals surface area contributed by atoms with Crippen LogP contribution in [0.3, 0.4) is 0 Å². The average molecular weight is 343 g/mol. The van der Waals surface area contributed by atoms with Crippen LogP contribution in [0.15, 0.2) is 22.7 Å². The predicted molar refractivity (Wildman–Crippen MR) is 89.3 cm³/mol. The van der Waals surface area contributed by atoms with Gasteiger partial charge in [-0.15, -0.1) is 0 Å². The number of alkyl carbamates (subject to hydrolysis) is 1. The zero-order valence-electron chi connectivity index (χ0n) is 14.5. The number of carbonyl (C=O) groups is 1. The molecule has 1 unspecified atom stereocenters. The molecule has 1 aromatic heterocycles. The molecule has 2 heterocycles. The first-order valence-corrected chi connectivity index (χ1v) is 8.49. The van der Waals surface area contributed by atoms with Crippen molar-refractivity contribution in [2.24, 2.45) is 0 Å². The molecule has 25 heavy (non-hydrogen) atoms. The Morgan fingerprint density at radius 1 is 1.32 bits per heavy atom. The third-order valence-electron chi connectivity index (χ3n) is 4.11. The maximum Gasteiger partial charge on any atom is 0.408 e. The molecule has 1 fully saturated rings. The second-order valence-electron chi connectivity index (χ2n) is 7.49. The van der Waals surface area contributed by atoms with Crippen LogP contribution >= 0.6 is 0 Å². The Morgan fingerprint density at radius 3 is 2.84 bits per heavy atom. The van der Waals surface area contributed by atoms with Gasteiger partial charge in [-0.3, -0.25) is 0 Å². The third kappa shape index (κ3) is 3.45. The van der Waals surface area contributed by atoms with E-state index in [1.54, 1.807) is 0 Å². The van der Waals surface area contributed by atoms with Crippen molar-refractivity contribution in [3.8, 4) is 17.1 Å². The lowest BCUT2D eigenvalue weighted by molar-refractivity contribution is 0.0497. The molecular weight excluding hydrogens is 322 g/mol. The van der Waals surface area contributed by atoms with Crippen LogP contribution in [0.25, 0.3) is 11.4 Å². The highest BCUT2D eigenvalue weighted by Crippen LogP contribution is 2.40. The number of hydrogen-bond donors (Lipinski definition) is 1. The van der Waals surface area contributed by atoms with Crippen molar-refractivity contribution in [1.29, 1.82) is 0 Å². The number of ether oxygens (including phenoxy) is 2. The van der Waals surface area contributed by atoms with Crippen molar-refractivity contribution in [1.82, 2.24) is 15.5 Å². The summed E-state index contributed by atoms with van der Waals surface area (Å²) < 4.78 is 16.3. The third-order valence-corrected chi connectivity index (χ3v) is 4.11. The minimum Gasteiger partial charge on any atom is -0.491 e. The van der Waals surface area contributed by atoms with Crippen molar-refractivity contribution in [2.75, 3.05) is 6.61 Å². The Labute approximate surface area is 145 Å². The number of amides is 1. The average Bonchev–Trinajstić information content (AvgIpc) is 3.13. The van der Waals surface area contributed by atoms with Gasteiger partial charge in [0.2, 0.25) is 11.7 Å². The van der Waals surface area contributed by atoms with Gasteiger partial charge in [-0.05, 0) is 39.7 Å². The van der Waals surface area contributed by atoms with E-state index in [9.17, 15) is 4.79 Å². The first-order chi connectivity index (χ1) is 11.9. The van der Waals surface area contributed by atoms with E-state index in [0.717, 1.165) is 29.7 Å². The van der Waals surface area contributed by atoms with Gasteiger partial charge in [0.1, 0.15) is 18.0 Å². The molecule has 1 aliphatic heterocycles. The fourth-order valence-electron chi connectivity index (χ4n) is 2.77. The molecule has 4 rings (SSSR count). The van der Waals surface area contributed by atoms with Crippen LogP contribution in [0, 0.1) is 0 Å². The summed E-state index contributed by atoms with van der Waals surface area (Å²) in [7, 11) is 0. The highest BCUT2D eigenvalue weighted by molar-refractivity contribution is 5.69. The quantitative estimate of drug-likeness (QED) is 0.917. The Morgan fingerprint density at radius 2 is 2.12 bits per heavy atom. The maximum atomic E-state index is 12.0. The number of carbonyl (C=O) groups excluding carboxylic acids is 1. The minimum absolute atomic E-state index is 0.230. The van der Waals surface area contributed by atoms with Crippen LogP contribution in [0.2, 0.25) is 0 Å². The maximum absolute atomic E-state index is 12.0. The zero-order valence-corrected chi connectivity index (χ0v) is 14.5. The first-order valence-electron chi connectivity index (χ1n) is 8.49. The number of hydrogen-bond acceptors (Lipinski definition) is 6. The van der Waals surface area contributed by atoms with Crippen molar-refractivity contribution in [2.45, 2.75) is 51.2 Å². The summed E-state index contributed by atoms with van der Waals surface area (Å²) in [4.78, 5) is 16.4. The minimum atomic E-state index is -0.534. The molecule has 1 aliphatic carbocycles. The molecule has 0 bridgehead atoms. The summed E-state index contributed by atoms with van der Waals surface area (Å²) in [5, 5.41) is 6.89. The summed E-state index contributed by atoms with van der Waals surface area (Å²) in [6.45, 7) is 5.87. The summed E-state index contributed by atoms with van der Waals surface area (Å²) in [5.41, 5.74) is 1.22. The molecule has 7 nitrogen and oxygen atoms in total. The predicted octanol–water partition coefficient (Wildman–Crippen LogP) is 3.57. The molecule has 1 N–H and O–H groups in total. The molecule has 2 aromatic rings. The van der Waals surface area contributed by atoms with Crippen molar-refractivity contribution >= 4 is 6.09 Å². The van der Waals surface area contributed by atoms with Gasteiger partial charge < -0.3 is 19.3 Å². The lowest BCUT2D eigenvalue weighted by Gasteiger charge is -2.21. The highest BCUT2D eigenvalue weighted by Gasteiger charge is 2.31. The van der Waals surface area contributed by atoms with E-state index in [2.05, 4.69) is 15.5 Å². The van der Waals surface area contributed by atoms with Crippen LogP contribution < -0.4 is 10.1 Å². The smallest absolute Gasteiger partial charge is 0.408 e. The zero-order chi connectivity index (χ0) is 17.6. The van der Waals surface area contributed by atoms with Gasteiger partial charge in [0, 0.05) is 17.0 Å². The molecule has 1 atom stereocenters. The second kappa shape index (κ2) is 5.75. The molecular formula is C18H21N3O4. The van der Waals surface area contributed by atoms with Crippen molar-refractivity contribution in [3.63, 3.8) is 0 Å². The Balaban J connectivity index is 1.49. The molecule has 0 radical (unpaired) electrons. The fourth-order valence-corrected chi connectivity index (χ4v) is 2.77. The molecule has 7 heteroatoms. The van der Waals surface area contributed by atoms with Crippen molar-refractivity contribution < 1.29 is 18.8 Å². The van der Waals surface area contributed by atoms with Gasteiger partial charge in [0.25, 0.3) is 0 Å². The lowest BCUT2D eigenvalue weighted by Crippen LogP contribution is -2.35. The number of aromatic nitrogens is 2. The van der Waals surface area contributed by atoms with Gasteiger partial charge in [0.15, 0.2) is 0 Å². The van der Waals surface area contributed by atoms with E-state index in [1.807, 2.05) is 39.0 Å². The van der Waals surface area contributed by atoms with E-state index in [-0.39, 0.29) is 6.04 Å². The summed E-state index contributed by atoms with van der Waals surface area (Å²) in [6.07, 6.45) is 1.78. The summed E-state index contributed by atoms with van der Waals surface area (Å²) in [5.74, 6) is 2.42. The molecule has 2 aliphatic rings. The lowest BCUT2D eigenvalue weighted by atomic mass is 10.1. The number of nitrogens with zero attached hydrogens (tertiary/aromatic N) is 2. The Bertz CT molecular complexity index is 805. The molecule has 1 saturated carbocycles. The largest absolute Gasteiger partial charge is 0.491 e. The van der Waals surface area contributed by atoms with Crippen LogP contribution in [0.4, 0.5) is 4.79 Å². The highest BCUT2D eigenvalue weighted by atomic mass is 16.6. The van der Waals surface area contributed by atoms with E-state index < -0.39 is 11.7 Å². The second-order valence-corrected chi connectivity index (χ2v) is 7.49. The molecule has 0 spiro atoms. The van der Waals surface area contributed by atoms with Crippen molar-refractivity contribution in [3.05, 3.63) is 29.7 Å². The molecule has 132 valence electrons. The topological polar surface area (TPSA) is 86.5 Å². The monoisotopic (exact) mass is 343 g/mol. The molecule has 1 aromatic carbocycles. The normalized spacial score (nSPS) is 19.2. The van der Waals surface area contributed by atoms with Gasteiger partial charge in [-0.1, -0.05) is 17.3 Å². The Kier molecular flexibility index (Phi) is 3.67. The van der Waals surface area contributed by atoms with Crippen LogP contribution in [-0.2, 0) is 4.74 Å². The molecule has 1 amide bonds. The SMILES string of the molecule is CC(C)(C)OC(=O)NC1COc2cc(-c3noc(C4CC4)n3)ccc21.